The molecule has 0 radical (unpaired) electrons. The number of hydrogen-bond donors (Lipinski definition) is 1. The highest BCUT2D eigenvalue weighted by Crippen LogP contribution is 2.24. The van der Waals surface area contributed by atoms with Gasteiger partial charge in [0.25, 0.3) is 0 Å². The van der Waals surface area contributed by atoms with Crippen molar-refractivity contribution in [1.29, 1.82) is 0 Å². The number of hydrogen-bond acceptors (Lipinski definition) is 5. The molecule has 0 aromatic carbocycles. The second kappa shape index (κ2) is 4.14. The number of aromatic nitrogens is 3. The molecule has 2 aromatic rings. The van der Waals surface area contributed by atoms with E-state index in [0.717, 1.165) is 11.3 Å². The Morgan fingerprint density at radius 3 is 2.81 bits per heavy atom. The Bertz CT molecular complexity index is 513. The van der Waals surface area contributed by atoms with E-state index in [1.165, 1.54) is 0 Å². The maximum absolute atomic E-state index is 5.85. The van der Waals surface area contributed by atoms with Gasteiger partial charge < -0.3 is 10.5 Å². The normalized spacial score (nSPS) is 10.1. The summed E-state index contributed by atoms with van der Waals surface area (Å²) >= 11 is 0. The zero-order chi connectivity index (χ0) is 11.5. The van der Waals surface area contributed by atoms with E-state index in [2.05, 4.69) is 15.0 Å². The minimum Gasteiger partial charge on any atom is -0.481 e. The first-order chi connectivity index (χ1) is 7.70. The summed E-state index contributed by atoms with van der Waals surface area (Å²) in [5.74, 6) is 1.16. The molecular formula is C11H12N4O. The minimum absolute atomic E-state index is 0.519. The number of nitrogens with two attached hydrogens (primary N) is 1. The van der Waals surface area contributed by atoms with Gasteiger partial charge >= 0.3 is 0 Å². The van der Waals surface area contributed by atoms with Crippen molar-refractivity contribution in [3.63, 3.8) is 0 Å². The third kappa shape index (κ3) is 1.93. The molecule has 0 saturated carbocycles. The molecule has 2 heterocycles. The fraction of sp³-hybridized carbons (Fsp3) is 0.182. The lowest BCUT2D eigenvalue weighted by Crippen LogP contribution is -1.98. The number of anilines is 1. The molecule has 0 atom stereocenters. The molecule has 0 saturated heterocycles. The van der Waals surface area contributed by atoms with E-state index in [4.69, 9.17) is 10.5 Å². The second-order valence-electron chi connectivity index (χ2n) is 3.31. The molecule has 2 N–H and O–H groups in total. The Morgan fingerprint density at radius 1 is 1.31 bits per heavy atom. The van der Waals surface area contributed by atoms with E-state index in [9.17, 15) is 0 Å². The lowest BCUT2D eigenvalue weighted by Gasteiger charge is -2.06. The minimum atomic E-state index is 0.519. The van der Waals surface area contributed by atoms with Crippen LogP contribution in [-0.2, 0) is 0 Å². The molecule has 0 fully saturated rings. The van der Waals surface area contributed by atoms with Gasteiger partial charge in [-0.25, -0.2) is 4.98 Å². The first-order valence-corrected chi connectivity index (χ1v) is 4.80. The van der Waals surface area contributed by atoms with Crippen LogP contribution in [0.15, 0.2) is 24.5 Å². The first kappa shape index (κ1) is 10.4. The summed E-state index contributed by atoms with van der Waals surface area (Å²) < 4.78 is 5.08. The summed E-state index contributed by atoms with van der Waals surface area (Å²) in [6.45, 7) is 1.80. The van der Waals surface area contributed by atoms with Crippen molar-refractivity contribution in [2.24, 2.45) is 0 Å². The topological polar surface area (TPSA) is 73.9 Å². The lowest BCUT2D eigenvalue weighted by molar-refractivity contribution is 0.396. The van der Waals surface area contributed by atoms with Crippen LogP contribution < -0.4 is 10.5 Å². The molecule has 0 amide bonds. The lowest BCUT2D eigenvalue weighted by atomic mass is 10.1. The highest BCUT2D eigenvalue weighted by Gasteiger charge is 2.07. The van der Waals surface area contributed by atoms with Gasteiger partial charge in [-0.2, -0.15) is 4.98 Å². The van der Waals surface area contributed by atoms with E-state index < -0.39 is 0 Å². The molecular weight excluding hydrogens is 204 g/mol. The smallest absolute Gasteiger partial charge is 0.216 e. The van der Waals surface area contributed by atoms with Crippen LogP contribution in [0, 0.1) is 6.92 Å². The van der Waals surface area contributed by atoms with Gasteiger partial charge in [-0.3, -0.25) is 4.98 Å². The molecule has 16 heavy (non-hydrogen) atoms. The average molecular weight is 216 g/mol. The second-order valence-corrected chi connectivity index (χ2v) is 3.31. The summed E-state index contributed by atoms with van der Waals surface area (Å²) in [5.41, 5.74) is 7.99. The van der Waals surface area contributed by atoms with Gasteiger partial charge in [-0.1, -0.05) is 0 Å². The number of nitrogen functional groups attached to an aromatic ring is 1. The maximum atomic E-state index is 5.85. The molecule has 82 valence electrons. The molecule has 0 bridgehead atoms. The van der Waals surface area contributed by atoms with Crippen LogP contribution in [0.1, 0.15) is 5.82 Å². The molecule has 2 rings (SSSR count). The molecule has 0 aliphatic rings. The van der Waals surface area contributed by atoms with E-state index in [1.807, 2.05) is 0 Å². The summed E-state index contributed by atoms with van der Waals surface area (Å²) in [4.78, 5) is 12.4. The van der Waals surface area contributed by atoms with Gasteiger partial charge in [0.2, 0.25) is 5.88 Å². The third-order valence-corrected chi connectivity index (χ3v) is 2.15. The van der Waals surface area contributed by atoms with Gasteiger partial charge in [0.1, 0.15) is 5.82 Å². The van der Waals surface area contributed by atoms with E-state index >= 15 is 0 Å². The Labute approximate surface area is 93.3 Å². The van der Waals surface area contributed by atoms with Crippen molar-refractivity contribution in [3.05, 3.63) is 30.4 Å². The average Bonchev–Trinajstić information content (AvgIpc) is 2.28. The SMILES string of the molecule is COc1cc(-c2cnccc2N)nc(C)n1. The van der Waals surface area contributed by atoms with Gasteiger partial charge in [0.05, 0.1) is 12.8 Å². The van der Waals surface area contributed by atoms with Crippen molar-refractivity contribution in [1.82, 2.24) is 15.0 Å². The number of methoxy groups -OCH3 is 1. The summed E-state index contributed by atoms with van der Waals surface area (Å²) in [7, 11) is 1.57. The summed E-state index contributed by atoms with van der Waals surface area (Å²) in [6.07, 6.45) is 3.32. The van der Waals surface area contributed by atoms with Crippen LogP contribution in [0.4, 0.5) is 5.69 Å². The van der Waals surface area contributed by atoms with E-state index in [0.29, 0.717) is 17.4 Å². The van der Waals surface area contributed by atoms with Gasteiger partial charge in [0, 0.05) is 29.7 Å². The number of rotatable bonds is 2. The van der Waals surface area contributed by atoms with Crippen LogP contribution in [0.3, 0.4) is 0 Å². The fourth-order valence-corrected chi connectivity index (χ4v) is 1.40. The molecule has 2 aromatic heterocycles. The van der Waals surface area contributed by atoms with Crippen LogP contribution in [-0.4, -0.2) is 22.1 Å². The molecule has 0 spiro atoms. The predicted octanol–water partition coefficient (Wildman–Crippen LogP) is 1.44. The first-order valence-electron chi connectivity index (χ1n) is 4.80. The zero-order valence-electron chi connectivity index (χ0n) is 9.14. The summed E-state index contributed by atoms with van der Waals surface area (Å²) in [5, 5.41) is 0. The quantitative estimate of drug-likeness (QED) is 0.822. The van der Waals surface area contributed by atoms with Crippen molar-refractivity contribution >= 4 is 5.69 Å². The number of pyridine rings is 1. The largest absolute Gasteiger partial charge is 0.481 e. The number of ether oxygens (including phenoxy) is 1. The van der Waals surface area contributed by atoms with Gasteiger partial charge in [-0.15, -0.1) is 0 Å². The zero-order valence-corrected chi connectivity index (χ0v) is 9.14. The Kier molecular flexibility index (Phi) is 2.68. The van der Waals surface area contributed by atoms with Crippen LogP contribution in [0.2, 0.25) is 0 Å². The van der Waals surface area contributed by atoms with Crippen molar-refractivity contribution in [2.75, 3.05) is 12.8 Å². The maximum Gasteiger partial charge on any atom is 0.216 e. The Hall–Kier alpha value is -2.17. The summed E-state index contributed by atoms with van der Waals surface area (Å²) in [6, 6.07) is 3.47. The highest BCUT2D eigenvalue weighted by molar-refractivity contribution is 5.72. The molecule has 5 heteroatoms. The molecule has 5 nitrogen and oxygen atoms in total. The van der Waals surface area contributed by atoms with Crippen LogP contribution in [0.5, 0.6) is 5.88 Å². The van der Waals surface area contributed by atoms with E-state index in [1.54, 1.807) is 38.6 Å². The van der Waals surface area contributed by atoms with Crippen molar-refractivity contribution < 1.29 is 4.74 Å². The fourth-order valence-electron chi connectivity index (χ4n) is 1.40. The van der Waals surface area contributed by atoms with Gasteiger partial charge in [0.15, 0.2) is 0 Å². The van der Waals surface area contributed by atoms with Crippen molar-refractivity contribution in [3.8, 4) is 17.1 Å². The standard InChI is InChI=1S/C11H12N4O/c1-7-14-10(5-11(15-7)16-2)8-6-13-4-3-9(8)12/h3-6H,1-2H3,(H2,12,13). The number of aryl methyl sites for hydroxylation is 1. The Morgan fingerprint density at radius 2 is 2.12 bits per heavy atom. The Balaban J connectivity index is 2.56. The molecule has 0 unspecified atom stereocenters. The van der Waals surface area contributed by atoms with Gasteiger partial charge in [-0.05, 0) is 13.0 Å². The van der Waals surface area contributed by atoms with Crippen molar-refractivity contribution in [2.45, 2.75) is 6.92 Å². The van der Waals surface area contributed by atoms with Crippen LogP contribution >= 0.6 is 0 Å². The monoisotopic (exact) mass is 216 g/mol. The number of nitrogens with zero attached hydrogens (tertiary/aromatic N) is 3. The third-order valence-electron chi connectivity index (χ3n) is 2.15. The highest BCUT2D eigenvalue weighted by atomic mass is 16.5. The van der Waals surface area contributed by atoms with E-state index in [-0.39, 0.29) is 0 Å². The predicted molar refractivity (Wildman–Crippen MR) is 61.0 cm³/mol. The molecule has 0 aliphatic carbocycles. The van der Waals surface area contributed by atoms with Crippen LogP contribution in [0.25, 0.3) is 11.3 Å². The molecule has 0 aliphatic heterocycles.